The van der Waals surface area contributed by atoms with Crippen LogP contribution in [-0.4, -0.2) is 39.1 Å². The second kappa shape index (κ2) is 6.03. The Morgan fingerprint density at radius 1 is 1.00 bits per heavy atom. The molecule has 21 heavy (non-hydrogen) atoms. The third-order valence-corrected chi connectivity index (χ3v) is 3.74. The molecule has 6 nitrogen and oxygen atoms in total. The molecule has 1 N–H and O–H groups in total. The summed E-state index contributed by atoms with van der Waals surface area (Å²) in [7, 11) is 0. The minimum Gasteiger partial charge on any atom is -0.367 e. The highest BCUT2D eigenvalue weighted by Gasteiger charge is 2.20. The molecule has 0 spiro atoms. The Kier molecular flexibility index (Phi) is 3.94. The van der Waals surface area contributed by atoms with Crippen LogP contribution in [0, 0.1) is 13.8 Å². The molecular formula is C15H20N6. The number of hydrogen-bond acceptors (Lipinski definition) is 6. The van der Waals surface area contributed by atoms with Crippen LogP contribution in [0.4, 0.5) is 11.6 Å². The first-order valence-corrected chi connectivity index (χ1v) is 7.29. The summed E-state index contributed by atoms with van der Waals surface area (Å²) in [6, 6.07) is 2.44. The maximum absolute atomic E-state index is 4.44. The molecule has 0 atom stereocenters. The number of aromatic nitrogens is 4. The number of nitrogens with one attached hydrogen (secondary N) is 1. The summed E-state index contributed by atoms with van der Waals surface area (Å²) in [6.07, 6.45) is 7.42. The molecule has 1 fully saturated rings. The minimum atomic E-state index is 0.453. The van der Waals surface area contributed by atoms with E-state index in [9.17, 15) is 0 Å². The first kappa shape index (κ1) is 13.7. The van der Waals surface area contributed by atoms with Crippen LogP contribution in [0.5, 0.6) is 0 Å². The Morgan fingerprint density at radius 2 is 1.81 bits per heavy atom. The predicted molar refractivity (Wildman–Crippen MR) is 82.4 cm³/mol. The van der Waals surface area contributed by atoms with E-state index in [0.29, 0.717) is 6.04 Å². The number of aryl methyl sites for hydroxylation is 2. The van der Waals surface area contributed by atoms with Crippen molar-refractivity contribution >= 4 is 11.6 Å². The molecule has 6 heteroatoms. The first-order chi connectivity index (χ1) is 10.2. The van der Waals surface area contributed by atoms with E-state index in [1.807, 2.05) is 32.3 Å². The number of hydrogen-bond donors (Lipinski definition) is 1. The lowest BCUT2D eigenvalue weighted by Crippen LogP contribution is -2.39. The molecule has 0 amide bonds. The maximum atomic E-state index is 4.44. The van der Waals surface area contributed by atoms with Crippen LogP contribution in [-0.2, 0) is 0 Å². The summed E-state index contributed by atoms with van der Waals surface area (Å²) < 4.78 is 0. The molecule has 2 aromatic rings. The van der Waals surface area contributed by atoms with E-state index in [1.54, 1.807) is 6.33 Å². The number of anilines is 2. The van der Waals surface area contributed by atoms with Crippen LogP contribution in [0.1, 0.15) is 24.2 Å². The Hall–Kier alpha value is -2.24. The van der Waals surface area contributed by atoms with Gasteiger partial charge < -0.3 is 10.2 Å². The molecule has 0 unspecified atom stereocenters. The van der Waals surface area contributed by atoms with E-state index in [-0.39, 0.29) is 0 Å². The Bertz CT molecular complexity index is 589. The average molecular weight is 284 g/mol. The van der Waals surface area contributed by atoms with Crippen molar-refractivity contribution in [1.29, 1.82) is 0 Å². The van der Waals surface area contributed by atoms with Crippen LogP contribution < -0.4 is 10.2 Å². The van der Waals surface area contributed by atoms with Gasteiger partial charge in [0.25, 0.3) is 0 Å². The van der Waals surface area contributed by atoms with E-state index >= 15 is 0 Å². The molecule has 110 valence electrons. The summed E-state index contributed by atoms with van der Waals surface area (Å²) in [5.41, 5.74) is 1.94. The van der Waals surface area contributed by atoms with Crippen molar-refractivity contribution in [2.75, 3.05) is 23.3 Å². The van der Waals surface area contributed by atoms with Gasteiger partial charge in [-0.25, -0.2) is 15.0 Å². The Labute approximate surface area is 124 Å². The van der Waals surface area contributed by atoms with E-state index in [4.69, 9.17) is 0 Å². The fourth-order valence-corrected chi connectivity index (χ4v) is 2.54. The molecule has 3 rings (SSSR count). The summed E-state index contributed by atoms with van der Waals surface area (Å²) in [6.45, 7) is 5.90. The van der Waals surface area contributed by atoms with Gasteiger partial charge in [0, 0.05) is 30.9 Å². The van der Waals surface area contributed by atoms with Gasteiger partial charge in [0.05, 0.1) is 18.1 Å². The zero-order valence-corrected chi connectivity index (χ0v) is 12.5. The summed E-state index contributed by atoms with van der Waals surface area (Å²) in [5, 5.41) is 3.49. The zero-order chi connectivity index (χ0) is 14.7. The molecule has 0 saturated carbocycles. The molecule has 0 aromatic carbocycles. The highest BCUT2D eigenvalue weighted by Crippen LogP contribution is 2.19. The molecule has 2 aromatic heterocycles. The lowest BCUT2D eigenvalue weighted by molar-refractivity contribution is 0.521. The fourth-order valence-electron chi connectivity index (χ4n) is 2.54. The summed E-state index contributed by atoms with van der Waals surface area (Å²) in [4.78, 5) is 19.4. The van der Waals surface area contributed by atoms with Crippen LogP contribution in [0.2, 0.25) is 0 Å². The summed E-state index contributed by atoms with van der Waals surface area (Å²) in [5.74, 6) is 1.88. The molecule has 0 radical (unpaired) electrons. The van der Waals surface area contributed by atoms with Crippen molar-refractivity contribution in [2.45, 2.75) is 32.7 Å². The van der Waals surface area contributed by atoms with Gasteiger partial charge in [-0.15, -0.1) is 0 Å². The number of rotatable bonds is 3. The van der Waals surface area contributed by atoms with Gasteiger partial charge >= 0.3 is 0 Å². The zero-order valence-electron chi connectivity index (χ0n) is 12.5. The predicted octanol–water partition coefficient (Wildman–Crippen LogP) is 1.96. The number of nitrogens with zero attached hydrogens (tertiary/aromatic N) is 5. The second-order valence-electron chi connectivity index (χ2n) is 5.47. The van der Waals surface area contributed by atoms with Gasteiger partial charge in [-0.1, -0.05) is 0 Å². The second-order valence-corrected chi connectivity index (χ2v) is 5.47. The van der Waals surface area contributed by atoms with Gasteiger partial charge in [0.1, 0.15) is 18.0 Å². The van der Waals surface area contributed by atoms with E-state index in [1.165, 1.54) is 0 Å². The highest BCUT2D eigenvalue weighted by molar-refractivity contribution is 5.39. The molecular weight excluding hydrogens is 264 g/mol. The molecule has 1 aliphatic rings. The van der Waals surface area contributed by atoms with Crippen molar-refractivity contribution < 1.29 is 0 Å². The molecule has 1 saturated heterocycles. The van der Waals surface area contributed by atoms with Crippen molar-refractivity contribution in [2.24, 2.45) is 0 Å². The van der Waals surface area contributed by atoms with E-state index in [0.717, 1.165) is 49.0 Å². The van der Waals surface area contributed by atoms with Crippen molar-refractivity contribution in [3.63, 3.8) is 0 Å². The number of piperidine rings is 1. The van der Waals surface area contributed by atoms with Crippen molar-refractivity contribution in [1.82, 2.24) is 19.9 Å². The summed E-state index contributed by atoms with van der Waals surface area (Å²) >= 11 is 0. The molecule has 0 aliphatic carbocycles. The van der Waals surface area contributed by atoms with Crippen LogP contribution in [0.25, 0.3) is 0 Å². The largest absolute Gasteiger partial charge is 0.367 e. The lowest BCUT2D eigenvalue weighted by Gasteiger charge is -2.33. The van der Waals surface area contributed by atoms with Crippen molar-refractivity contribution in [3.8, 4) is 0 Å². The smallest absolute Gasteiger partial charge is 0.147 e. The van der Waals surface area contributed by atoms with Crippen LogP contribution in [0.15, 0.2) is 24.8 Å². The SMILES string of the molecule is Cc1cnc(N2CCC(Nc3cc(C)ncn3)CC2)cn1. The fraction of sp³-hybridized carbons (Fsp3) is 0.467. The van der Waals surface area contributed by atoms with Crippen molar-refractivity contribution in [3.05, 3.63) is 36.2 Å². The highest BCUT2D eigenvalue weighted by atomic mass is 15.2. The third-order valence-electron chi connectivity index (χ3n) is 3.74. The average Bonchev–Trinajstić information content (AvgIpc) is 2.49. The molecule has 1 aliphatic heterocycles. The van der Waals surface area contributed by atoms with Gasteiger partial charge in [-0.2, -0.15) is 0 Å². The van der Waals surface area contributed by atoms with Gasteiger partial charge in [-0.3, -0.25) is 4.98 Å². The Morgan fingerprint density at radius 3 is 2.48 bits per heavy atom. The molecule has 3 heterocycles. The third kappa shape index (κ3) is 3.45. The Balaban J connectivity index is 1.56. The van der Waals surface area contributed by atoms with Crippen LogP contribution in [0.3, 0.4) is 0 Å². The normalized spacial score (nSPS) is 16.0. The van der Waals surface area contributed by atoms with Gasteiger partial charge in [0.2, 0.25) is 0 Å². The molecule has 0 bridgehead atoms. The maximum Gasteiger partial charge on any atom is 0.147 e. The standard InChI is InChI=1S/C15H20N6/c1-11-7-14(19-10-18-11)20-13-3-5-21(6-4-13)15-9-16-12(2)8-17-15/h7-10,13H,3-6H2,1-2H3,(H,18,19,20). The lowest BCUT2D eigenvalue weighted by atomic mass is 10.1. The minimum absolute atomic E-state index is 0.453. The van der Waals surface area contributed by atoms with Gasteiger partial charge in [-0.05, 0) is 26.7 Å². The van der Waals surface area contributed by atoms with E-state index in [2.05, 4.69) is 30.2 Å². The monoisotopic (exact) mass is 284 g/mol. The first-order valence-electron chi connectivity index (χ1n) is 7.29. The van der Waals surface area contributed by atoms with Crippen LogP contribution >= 0.6 is 0 Å². The van der Waals surface area contributed by atoms with Gasteiger partial charge in [0.15, 0.2) is 0 Å². The quantitative estimate of drug-likeness (QED) is 0.929. The topological polar surface area (TPSA) is 66.8 Å². The van der Waals surface area contributed by atoms with E-state index < -0.39 is 0 Å².